The highest BCUT2D eigenvalue weighted by Gasteiger charge is 2.21. The number of amides is 2. The minimum Gasteiger partial charge on any atom is -0.348 e. The molecule has 7 heteroatoms. The van der Waals surface area contributed by atoms with Gasteiger partial charge in [-0.15, -0.1) is 11.3 Å². The van der Waals surface area contributed by atoms with Crippen LogP contribution in [0.4, 0.5) is 5.69 Å². The number of likely N-dealkylation sites (N-methyl/N-ethyl adjacent to an activating group) is 2. The van der Waals surface area contributed by atoms with Crippen molar-refractivity contribution in [3.8, 4) is 10.6 Å². The largest absolute Gasteiger partial charge is 0.348 e. The van der Waals surface area contributed by atoms with Gasteiger partial charge >= 0.3 is 0 Å². The highest BCUT2D eigenvalue weighted by molar-refractivity contribution is 7.21. The third kappa shape index (κ3) is 4.99. The molecule has 0 saturated carbocycles. The maximum absolute atomic E-state index is 12.5. The van der Waals surface area contributed by atoms with E-state index in [4.69, 9.17) is 4.98 Å². The number of aryl methyl sites for hydroxylation is 1. The minimum absolute atomic E-state index is 0.0393. The molecule has 1 atom stereocenters. The molecule has 0 aliphatic heterocycles. The minimum atomic E-state index is -0.425. The quantitative estimate of drug-likeness (QED) is 0.674. The predicted molar refractivity (Wildman–Crippen MR) is 119 cm³/mol. The summed E-state index contributed by atoms with van der Waals surface area (Å²) in [7, 11) is 5.17. The van der Waals surface area contributed by atoms with Gasteiger partial charge in [-0.05, 0) is 62.9 Å². The number of hydrogen-bond acceptors (Lipinski definition) is 5. The molecule has 0 saturated heterocycles. The van der Waals surface area contributed by atoms with E-state index >= 15 is 0 Å². The van der Waals surface area contributed by atoms with Crippen LogP contribution in [0.5, 0.6) is 0 Å². The van der Waals surface area contributed by atoms with Gasteiger partial charge in [-0.3, -0.25) is 14.5 Å². The highest BCUT2D eigenvalue weighted by Crippen LogP contribution is 2.31. The third-order valence-corrected chi connectivity index (χ3v) is 5.93. The zero-order valence-corrected chi connectivity index (χ0v) is 18.2. The van der Waals surface area contributed by atoms with Crippen molar-refractivity contribution in [2.45, 2.75) is 19.9 Å². The summed E-state index contributed by atoms with van der Waals surface area (Å²) in [6.07, 6.45) is 0. The number of nitrogens with one attached hydrogen (secondary N) is 1. The van der Waals surface area contributed by atoms with Crippen molar-refractivity contribution >= 4 is 39.1 Å². The van der Waals surface area contributed by atoms with Gasteiger partial charge in [0.05, 0.1) is 22.8 Å². The molecule has 3 aromatic rings. The maximum atomic E-state index is 12.5. The van der Waals surface area contributed by atoms with Crippen molar-refractivity contribution in [2.24, 2.45) is 0 Å². The zero-order chi connectivity index (χ0) is 21.1. The summed E-state index contributed by atoms with van der Waals surface area (Å²) in [4.78, 5) is 32.3. The molecule has 6 nitrogen and oxygen atoms in total. The summed E-state index contributed by atoms with van der Waals surface area (Å²) in [5.74, 6) is -0.190. The lowest BCUT2D eigenvalue weighted by molar-refractivity contribution is -0.131. The third-order valence-electron chi connectivity index (χ3n) is 4.87. The Bertz CT molecular complexity index is 1030. The highest BCUT2D eigenvalue weighted by atomic mass is 32.1. The van der Waals surface area contributed by atoms with Gasteiger partial charge in [0.25, 0.3) is 0 Å². The molecule has 2 amide bonds. The number of benzene rings is 2. The van der Waals surface area contributed by atoms with Crippen LogP contribution in [0.1, 0.15) is 12.5 Å². The monoisotopic (exact) mass is 410 g/mol. The fourth-order valence-electron chi connectivity index (χ4n) is 2.79. The first kappa shape index (κ1) is 21.0. The molecule has 1 aromatic heterocycles. The average molecular weight is 411 g/mol. The summed E-state index contributed by atoms with van der Waals surface area (Å²) >= 11 is 1.66. The fraction of sp³-hybridized carbons (Fsp3) is 0.318. The first-order valence-corrected chi connectivity index (χ1v) is 10.2. The Morgan fingerprint density at radius 1 is 1.10 bits per heavy atom. The maximum Gasteiger partial charge on any atom is 0.241 e. The molecule has 0 fully saturated rings. The Morgan fingerprint density at radius 3 is 2.45 bits per heavy atom. The van der Waals surface area contributed by atoms with Crippen LogP contribution in [-0.2, 0) is 9.59 Å². The van der Waals surface area contributed by atoms with Gasteiger partial charge < -0.3 is 10.2 Å². The normalized spacial score (nSPS) is 12.2. The molecular formula is C22H26N4O2S. The second-order valence-electron chi connectivity index (χ2n) is 7.44. The Hall–Kier alpha value is -2.77. The lowest BCUT2D eigenvalue weighted by atomic mass is 10.2. The number of aromatic nitrogens is 1. The second-order valence-corrected chi connectivity index (χ2v) is 8.47. The lowest BCUT2D eigenvalue weighted by Crippen LogP contribution is -2.44. The van der Waals surface area contributed by atoms with E-state index in [9.17, 15) is 9.59 Å². The summed E-state index contributed by atoms with van der Waals surface area (Å²) in [6, 6.07) is 13.5. The van der Waals surface area contributed by atoms with E-state index < -0.39 is 6.04 Å². The van der Waals surface area contributed by atoms with E-state index in [-0.39, 0.29) is 18.4 Å². The summed E-state index contributed by atoms with van der Waals surface area (Å²) in [6.45, 7) is 4.05. The number of rotatable bonds is 6. The first-order valence-electron chi connectivity index (χ1n) is 9.43. The number of thiazole rings is 1. The van der Waals surface area contributed by atoms with E-state index in [0.717, 1.165) is 21.8 Å². The van der Waals surface area contributed by atoms with Gasteiger partial charge in [-0.2, -0.15) is 0 Å². The van der Waals surface area contributed by atoms with Crippen molar-refractivity contribution in [2.75, 3.05) is 33.0 Å². The van der Waals surface area contributed by atoms with Crippen molar-refractivity contribution in [3.63, 3.8) is 0 Å². The van der Waals surface area contributed by atoms with Gasteiger partial charge in [-0.1, -0.05) is 6.07 Å². The van der Waals surface area contributed by atoms with Crippen LogP contribution < -0.4 is 5.32 Å². The standard InChI is InChI=1S/C22H26N4O2S/c1-14-6-11-18-19(12-14)29-22(24-18)16-7-9-17(10-8-16)23-21(28)15(2)26(5)13-20(27)25(3)4/h6-12,15H,13H2,1-5H3,(H,23,28)/t15-/m1/s1. The van der Waals surface area contributed by atoms with Crippen LogP contribution in [0, 0.1) is 6.92 Å². The van der Waals surface area contributed by atoms with Crippen LogP contribution >= 0.6 is 11.3 Å². The zero-order valence-electron chi connectivity index (χ0n) is 17.4. The van der Waals surface area contributed by atoms with Crippen LogP contribution in [0.25, 0.3) is 20.8 Å². The summed E-state index contributed by atoms with van der Waals surface area (Å²) in [5.41, 5.74) is 3.95. The van der Waals surface area contributed by atoms with Gasteiger partial charge in [-0.25, -0.2) is 4.98 Å². The molecule has 0 aliphatic rings. The topological polar surface area (TPSA) is 65.5 Å². The first-order chi connectivity index (χ1) is 13.7. The van der Waals surface area contributed by atoms with E-state index in [0.29, 0.717) is 0 Å². The summed E-state index contributed by atoms with van der Waals surface area (Å²) < 4.78 is 1.17. The Kier molecular flexibility index (Phi) is 6.30. The molecule has 1 heterocycles. The Balaban J connectivity index is 1.66. The second kappa shape index (κ2) is 8.71. The number of carbonyl (C=O) groups is 2. The molecule has 0 spiro atoms. The molecule has 29 heavy (non-hydrogen) atoms. The van der Waals surface area contributed by atoms with E-state index in [1.54, 1.807) is 44.3 Å². The lowest BCUT2D eigenvalue weighted by Gasteiger charge is -2.24. The van der Waals surface area contributed by atoms with Crippen LogP contribution in [0.15, 0.2) is 42.5 Å². The molecular weight excluding hydrogens is 384 g/mol. The molecule has 2 aromatic carbocycles. The van der Waals surface area contributed by atoms with Gasteiger partial charge in [0.2, 0.25) is 11.8 Å². The molecule has 1 N–H and O–H groups in total. The van der Waals surface area contributed by atoms with E-state index in [1.165, 1.54) is 15.2 Å². The van der Waals surface area contributed by atoms with Crippen molar-refractivity contribution in [3.05, 3.63) is 48.0 Å². The number of nitrogens with zero attached hydrogens (tertiary/aromatic N) is 3. The molecule has 152 valence electrons. The fourth-order valence-corrected chi connectivity index (χ4v) is 3.86. The number of carbonyl (C=O) groups excluding carboxylic acids is 2. The SMILES string of the molecule is Cc1ccc2nc(-c3ccc(NC(=O)[C@@H](C)N(C)CC(=O)N(C)C)cc3)sc2c1. The van der Waals surface area contributed by atoms with Crippen molar-refractivity contribution < 1.29 is 9.59 Å². The molecule has 0 aliphatic carbocycles. The molecule has 0 radical (unpaired) electrons. The van der Waals surface area contributed by atoms with E-state index in [2.05, 4.69) is 24.4 Å². The van der Waals surface area contributed by atoms with Crippen LogP contribution in [0.2, 0.25) is 0 Å². The molecule has 0 unspecified atom stereocenters. The Labute approximate surface area is 175 Å². The Morgan fingerprint density at radius 2 is 1.79 bits per heavy atom. The molecule has 3 rings (SSSR count). The number of fused-ring (bicyclic) bond motifs is 1. The summed E-state index contributed by atoms with van der Waals surface area (Å²) in [5, 5.41) is 3.87. The van der Waals surface area contributed by atoms with E-state index in [1.807, 2.05) is 30.3 Å². The van der Waals surface area contributed by atoms with Crippen LogP contribution in [-0.4, -0.2) is 60.3 Å². The van der Waals surface area contributed by atoms with Gasteiger partial charge in [0.15, 0.2) is 0 Å². The van der Waals surface area contributed by atoms with Gasteiger partial charge in [0, 0.05) is 25.3 Å². The number of hydrogen-bond donors (Lipinski definition) is 1. The smallest absolute Gasteiger partial charge is 0.241 e. The van der Waals surface area contributed by atoms with Crippen molar-refractivity contribution in [1.29, 1.82) is 0 Å². The van der Waals surface area contributed by atoms with Crippen LogP contribution in [0.3, 0.4) is 0 Å². The van der Waals surface area contributed by atoms with Crippen molar-refractivity contribution in [1.82, 2.24) is 14.8 Å². The molecule has 0 bridgehead atoms. The predicted octanol–water partition coefficient (Wildman–Crippen LogP) is 3.62. The average Bonchev–Trinajstić information content (AvgIpc) is 3.10. The van der Waals surface area contributed by atoms with Gasteiger partial charge in [0.1, 0.15) is 5.01 Å². The number of anilines is 1.